The molecule has 1 aliphatic heterocycles. The van der Waals surface area contributed by atoms with Gasteiger partial charge in [0.05, 0.1) is 6.04 Å². The van der Waals surface area contributed by atoms with E-state index in [1.807, 2.05) is 18.2 Å². The Bertz CT molecular complexity index is 582. The molecule has 1 nitrogen and oxygen atoms in total. The van der Waals surface area contributed by atoms with Crippen molar-refractivity contribution < 1.29 is 0 Å². The minimum Gasteiger partial charge on any atom is -0.378 e. The van der Waals surface area contributed by atoms with E-state index in [0.29, 0.717) is 6.04 Å². The van der Waals surface area contributed by atoms with Crippen LogP contribution in [-0.2, 0) is 6.42 Å². The lowest BCUT2D eigenvalue weighted by Gasteiger charge is -2.27. The highest BCUT2D eigenvalue weighted by Gasteiger charge is 2.19. The van der Waals surface area contributed by atoms with Gasteiger partial charge in [-0.15, -0.1) is 0 Å². The molecule has 0 saturated heterocycles. The molecule has 0 aromatic heterocycles. The number of nitrogens with one attached hydrogen (secondary N) is 1. The normalized spacial score (nSPS) is 18.0. The van der Waals surface area contributed by atoms with Crippen molar-refractivity contribution in [3.8, 4) is 0 Å². The highest BCUT2D eigenvalue weighted by Crippen LogP contribution is 2.34. The summed E-state index contributed by atoms with van der Waals surface area (Å²) in [5.41, 5.74) is 3.87. The second-order valence-electron chi connectivity index (χ2n) is 4.59. The van der Waals surface area contributed by atoms with Gasteiger partial charge in [-0.05, 0) is 54.3 Å². The van der Waals surface area contributed by atoms with E-state index in [9.17, 15) is 0 Å². The number of aryl methyl sites for hydroxylation is 1. The van der Waals surface area contributed by atoms with E-state index in [1.54, 1.807) is 0 Å². The Hall–Kier alpha value is -0.990. The highest BCUT2D eigenvalue weighted by molar-refractivity contribution is 9.10. The Labute approximate surface area is 120 Å². The van der Waals surface area contributed by atoms with Gasteiger partial charge in [0.25, 0.3) is 0 Å². The Kier molecular flexibility index (Phi) is 3.31. The quantitative estimate of drug-likeness (QED) is 0.760. The minimum absolute atomic E-state index is 0.359. The molecule has 1 N–H and O–H groups in total. The fraction of sp³-hybridized carbons (Fsp3) is 0.200. The summed E-state index contributed by atoms with van der Waals surface area (Å²) >= 11 is 9.57. The molecule has 0 fully saturated rings. The Balaban J connectivity index is 1.89. The Morgan fingerprint density at radius 2 is 2.06 bits per heavy atom. The van der Waals surface area contributed by atoms with Crippen molar-refractivity contribution >= 4 is 33.2 Å². The molecule has 2 aromatic carbocycles. The van der Waals surface area contributed by atoms with Gasteiger partial charge >= 0.3 is 0 Å². The van der Waals surface area contributed by atoms with Crippen molar-refractivity contribution in [3.63, 3.8) is 0 Å². The third-order valence-corrected chi connectivity index (χ3v) is 4.08. The number of hydrogen-bond acceptors (Lipinski definition) is 1. The van der Waals surface area contributed by atoms with Gasteiger partial charge < -0.3 is 5.32 Å². The smallest absolute Gasteiger partial charge is 0.0517 e. The fourth-order valence-corrected chi connectivity index (χ4v) is 3.05. The first-order chi connectivity index (χ1) is 8.72. The molecule has 0 aliphatic carbocycles. The van der Waals surface area contributed by atoms with Crippen molar-refractivity contribution in [1.29, 1.82) is 0 Å². The van der Waals surface area contributed by atoms with Crippen LogP contribution in [0.3, 0.4) is 0 Å². The third-order valence-electron chi connectivity index (χ3n) is 3.35. The predicted octanol–water partition coefficient (Wildman–Crippen LogP) is 5.20. The van der Waals surface area contributed by atoms with E-state index in [1.165, 1.54) is 16.8 Å². The average molecular weight is 323 g/mol. The SMILES string of the molecule is Clc1cccc(C2CCc3cc(Br)ccc3N2)c1. The molecule has 0 spiro atoms. The van der Waals surface area contributed by atoms with Crippen LogP contribution < -0.4 is 5.32 Å². The zero-order chi connectivity index (χ0) is 12.5. The highest BCUT2D eigenvalue weighted by atomic mass is 79.9. The molecule has 2 aromatic rings. The van der Waals surface area contributed by atoms with Crippen LogP contribution in [0.25, 0.3) is 0 Å². The third kappa shape index (κ3) is 2.40. The van der Waals surface area contributed by atoms with E-state index in [0.717, 1.165) is 22.3 Å². The second kappa shape index (κ2) is 4.94. The van der Waals surface area contributed by atoms with Crippen LogP contribution in [0.4, 0.5) is 5.69 Å². The lowest BCUT2D eigenvalue weighted by molar-refractivity contribution is 0.667. The molecule has 92 valence electrons. The summed E-state index contributed by atoms with van der Waals surface area (Å²) in [6, 6.07) is 14.9. The molecular weight excluding hydrogens is 310 g/mol. The summed E-state index contributed by atoms with van der Waals surface area (Å²) in [5.74, 6) is 0. The molecule has 18 heavy (non-hydrogen) atoms. The van der Waals surface area contributed by atoms with Crippen LogP contribution in [0.1, 0.15) is 23.6 Å². The van der Waals surface area contributed by atoms with E-state index >= 15 is 0 Å². The number of fused-ring (bicyclic) bond motifs is 1. The van der Waals surface area contributed by atoms with Gasteiger partial charge in [-0.2, -0.15) is 0 Å². The second-order valence-corrected chi connectivity index (χ2v) is 5.94. The van der Waals surface area contributed by atoms with Crippen molar-refractivity contribution in [1.82, 2.24) is 0 Å². The summed E-state index contributed by atoms with van der Waals surface area (Å²) in [4.78, 5) is 0. The lowest BCUT2D eigenvalue weighted by Crippen LogP contribution is -2.17. The van der Waals surface area contributed by atoms with Crippen molar-refractivity contribution in [2.24, 2.45) is 0 Å². The van der Waals surface area contributed by atoms with Crippen LogP contribution in [0.5, 0.6) is 0 Å². The number of anilines is 1. The summed E-state index contributed by atoms with van der Waals surface area (Å²) in [5, 5.41) is 4.39. The van der Waals surface area contributed by atoms with Gasteiger partial charge in [-0.1, -0.05) is 39.7 Å². The molecule has 3 rings (SSSR count). The Morgan fingerprint density at radius 1 is 1.17 bits per heavy atom. The standard InChI is InChI=1S/C15H13BrClN/c16-12-5-7-15-11(8-12)4-6-14(18-15)10-2-1-3-13(17)9-10/h1-3,5,7-9,14,18H,4,6H2. The van der Waals surface area contributed by atoms with Crippen LogP contribution >= 0.6 is 27.5 Å². The minimum atomic E-state index is 0.359. The molecule has 3 heteroatoms. The topological polar surface area (TPSA) is 12.0 Å². The monoisotopic (exact) mass is 321 g/mol. The molecule has 1 unspecified atom stereocenters. The molecule has 0 bridgehead atoms. The number of benzene rings is 2. The van der Waals surface area contributed by atoms with Gasteiger partial charge in [0.1, 0.15) is 0 Å². The number of rotatable bonds is 1. The lowest BCUT2D eigenvalue weighted by atomic mass is 9.93. The van der Waals surface area contributed by atoms with Gasteiger partial charge in [-0.25, -0.2) is 0 Å². The van der Waals surface area contributed by atoms with Crippen molar-refractivity contribution in [2.75, 3.05) is 5.32 Å². The zero-order valence-corrected chi connectivity index (χ0v) is 12.1. The zero-order valence-electron chi connectivity index (χ0n) is 9.79. The Morgan fingerprint density at radius 3 is 2.89 bits per heavy atom. The number of halogens is 2. The molecule has 1 heterocycles. The van der Waals surface area contributed by atoms with Gasteiger partial charge in [-0.3, -0.25) is 0 Å². The van der Waals surface area contributed by atoms with Crippen LogP contribution in [-0.4, -0.2) is 0 Å². The summed E-state index contributed by atoms with van der Waals surface area (Å²) in [6.45, 7) is 0. The van der Waals surface area contributed by atoms with Crippen LogP contribution in [0, 0.1) is 0 Å². The molecular formula is C15H13BrClN. The maximum atomic E-state index is 6.05. The first-order valence-electron chi connectivity index (χ1n) is 6.03. The molecule has 0 amide bonds. The molecule has 0 radical (unpaired) electrons. The summed E-state index contributed by atoms with van der Waals surface area (Å²) in [7, 11) is 0. The van der Waals surface area contributed by atoms with Gasteiger partial charge in [0.15, 0.2) is 0 Å². The van der Waals surface area contributed by atoms with Crippen LogP contribution in [0.15, 0.2) is 46.9 Å². The van der Waals surface area contributed by atoms with Crippen LogP contribution in [0.2, 0.25) is 5.02 Å². The fourth-order valence-electron chi connectivity index (χ4n) is 2.44. The number of hydrogen-bond donors (Lipinski definition) is 1. The maximum absolute atomic E-state index is 6.05. The van der Waals surface area contributed by atoms with Crippen molar-refractivity contribution in [2.45, 2.75) is 18.9 Å². The van der Waals surface area contributed by atoms with E-state index in [4.69, 9.17) is 11.6 Å². The summed E-state index contributed by atoms with van der Waals surface area (Å²) in [6.07, 6.45) is 2.20. The molecule has 1 atom stereocenters. The van der Waals surface area contributed by atoms with E-state index in [-0.39, 0.29) is 0 Å². The van der Waals surface area contributed by atoms with Crippen molar-refractivity contribution in [3.05, 3.63) is 63.1 Å². The van der Waals surface area contributed by atoms with Gasteiger partial charge in [0.2, 0.25) is 0 Å². The van der Waals surface area contributed by atoms with Gasteiger partial charge in [0, 0.05) is 15.2 Å². The van der Waals surface area contributed by atoms with E-state index in [2.05, 4.69) is 45.5 Å². The molecule has 0 saturated carbocycles. The molecule has 1 aliphatic rings. The van der Waals surface area contributed by atoms with E-state index < -0.39 is 0 Å². The first kappa shape index (κ1) is 12.1. The largest absolute Gasteiger partial charge is 0.378 e. The maximum Gasteiger partial charge on any atom is 0.0517 e. The summed E-state index contributed by atoms with van der Waals surface area (Å²) < 4.78 is 1.14. The first-order valence-corrected chi connectivity index (χ1v) is 7.20. The average Bonchev–Trinajstić information content (AvgIpc) is 2.38. The predicted molar refractivity (Wildman–Crippen MR) is 80.3 cm³/mol.